The number of amides is 2. The Hall–Kier alpha value is -4.05. The van der Waals surface area contributed by atoms with Crippen molar-refractivity contribution < 1.29 is 14.0 Å². The summed E-state index contributed by atoms with van der Waals surface area (Å²) in [5, 5.41) is 6.94. The highest BCUT2D eigenvalue weighted by molar-refractivity contribution is 7.17. The minimum atomic E-state index is -0.768. The van der Waals surface area contributed by atoms with Gasteiger partial charge in [0.1, 0.15) is 23.6 Å². The van der Waals surface area contributed by atoms with Gasteiger partial charge in [-0.05, 0) is 48.2 Å². The summed E-state index contributed by atoms with van der Waals surface area (Å²) in [6, 6.07) is 14.4. The second-order valence-electron chi connectivity index (χ2n) is 7.71. The Morgan fingerprint density at radius 3 is 2.29 bits per heavy atom. The molecule has 10 heteroatoms. The summed E-state index contributed by atoms with van der Waals surface area (Å²) in [4.78, 5) is 51.0. The molecule has 0 fully saturated rings. The average molecular weight is 481 g/mol. The van der Waals surface area contributed by atoms with Crippen molar-refractivity contribution in [2.24, 2.45) is 0 Å². The molecular weight excluding hydrogens is 459 g/mol. The summed E-state index contributed by atoms with van der Waals surface area (Å²) in [5.41, 5.74) is 1.30. The number of carbonyl (C=O) groups is 2. The number of hydrogen-bond donors (Lipinski definition) is 2. The second-order valence-corrected chi connectivity index (χ2v) is 8.63. The Bertz CT molecular complexity index is 1470. The molecule has 2 heterocycles. The Balaban J connectivity index is 1.55. The van der Waals surface area contributed by atoms with Gasteiger partial charge in [-0.2, -0.15) is 0 Å². The van der Waals surface area contributed by atoms with Crippen LogP contribution in [0.1, 0.15) is 11.1 Å². The highest BCUT2D eigenvalue weighted by atomic mass is 32.1. The van der Waals surface area contributed by atoms with E-state index in [9.17, 15) is 23.6 Å². The third-order valence-electron chi connectivity index (χ3n) is 5.18. The molecule has 2 N–H and O–H groups in total. The van der Waals surface area contributed by atoms with E-state index in [0.717, 1.165) is 31.6 Å². The molecule has 0 saturated heterocycles. The number of nitrogens with one attached hydrogen (secondary N) is 2. The number of thiophene rings is 1. The summed E-state index contributed by atoms with van der Waals surface area (Å²) in [7, 11) is 0. The summed E-state index contributed by atoms with van der Waals surface area (Å²) >= 11 is 1.12. The number of nitrogens with zero attached hydrogens (tertiary/aromatic N) is 2. The standard InChI is InChI=1S/C24H21FN4O4S/c1-15-2-4-16(5-3-15)12-26-20(30)13-29-23(32)22-19(10-11-34-22)28(24(29)33)14-21(31)27-18-8-6-17(25)7-9-18/h2-11H,12-14H2,1H3,(H,26,30)(H,27,31). The lowest BCUT2D eigenvalue weighted by molar-refractivity contribution is -0.122. The SMILES string of the molecule is Cc1ccc(CNC(=O)Cn2c(=O)c3sccc3n(CC(=O)Nc3ccc(F)cc3)c2=O)cc1. The topological polar surface area (TPSA) is 102 Å². The first-order chi connectivity index (χ1) is 16.3. The number of anilines is 1. The number of benzene rings is 2. The van der Waals surface area contributed by atoms with Gasteiger partial charge in [-0.3, -0.25) is 19.0 Å². The van der Waals surface area contributed by atoms with Crippen molar-refractivity contribution in [2.75, 3.05) is 5.32 Å². The molecule has 0 atom stereocenters. The second kappa shape index (κ2) is 9.84. The summed E-state index contributed by atoms with van der Waals surface area (Å²) in [6.45, 7) is 1.36. The van der Waals surface area contributed by atoms with E-state index in [4.69, 9.17) is 0 Å². The molecule has 0 spiro atoms. The number of carbonyl (C=O) groups excluding carboxylic acids is 2. The maximum atomic E-state index is 13.1. The highest BCUT2D eigenvalue weighted by Crippen LogP contribution is 2.16. The number of aromatic nitrogens is 2. The van der Waals surface area contributed by atoms with E-state index in [1.54, 1.807) is 11.4 Å². The van der Waals surface area contributed by atoms with Crippen LogP contribution in [0.5, 0.6) is 0 Å². The molecule has 0 aliphatic carbocycles. The third-order valence-corrected chi connectivity index (χ3v) is 6.07. The average Bonchev–Trinajstić information content (AvgIpc) is 3.31. The van der Waals surface area contributed by atoms with E-state index in [0.29, 0.717) is 11.2 Å². The van der Waals surface area contributed by atoms with Gasteiger partial charge in [0.15, 0.2) is 0 Å². The molecule has 0 radical (unpaired) electrons. The van der Waals surface area contributed by atoms with Gasteiger partial charge in [-0.15, -0.1) is 11.3 Å². The van der Waals surface area contributed by atoms with Crippen LogP contribution in [0.4, 0.5) is 10.1 Å². The molecule has 0 bridgehead atoms. The first-order valence-electron chi connectivity index (χ1n) is 10.4. The predicted molar refractivity (Wildman–Crippen MR) is 128 cm³/mol. The van der Waals surface area contributed by atoms with E-state index >= 15 is 0 Å². The first kappa shape index (κ1) is 23.1. The minimum absolute atomic E-state index is 0.253. The maximum absolute atomic E-state index is 13.1. The van der Waals surface area contributed by atoms with Gasteiger partial charge in [0, 0.05) is 12.2 Å². The first-order valence-corrected chi connectivity index (χ1v) is 11.3. The monoisotopic (exact) mass is 480 g/mol. The molecule has 174 valence electrons. The summed E-state index contributed by atoms with van der Waals surface area (Å²) in [5.74, 6) is -1.48. The number of rotatable bonds is 7. The smallest absolute Gasteiger partial charge is 0.332 e. The van der Waals surface area contributed by atoms with Gasteiger partial charge in [0.25, 0.3) is 5.56 Å². The molecule has 0 aliphatic heterocycles. The molecule has 4 aromatic rings. The molecule has 0 unspecified atom stereocenters. The van der Waals surface area contributed by atoms with Gasteiger partial charge in [0.2, 0.25) is 11.8 Å². The Labute approximate surface area is 197 Å². The fourth-order valence-corrected chi connectivity index (χ4v) is 4.25. The fraction of sp³-hybridized carbons (Fsp3) is 0.167. The van der Waals surface area contributed by atoms with Crippen molar-refractivity contribution in [3.05, 3.63) is 97.8 Å². The molecule has 0 aliphatic rings. The van der Waals surface area contributed by atoms with Crippen LogP contribution in [-0.2, 0) is 29.2 Å². The lowest BCUT2D eigenvalue weighted by atomic mass is 10.1. The fourth-order valence-electron chi connectivity index (χ4n) is 3.41. The summed E-state index contributed by atoms with van der Waals surface area (Å²) < 4.78 is 15.3. The number of fused-ring (bicyclic) bond motifs is 1. The van der Waals surface area contributed by atoms with Crippen molar-refractivity contribution in [2.45, 2.75) is 26.6 Å². The minimum Gasteiger partial charge on any atom is -0.350 e. The van der Waals surface area contributed by atoms with E-state index < -0.39 is 35.4 Å². The molecule has 0 saturated carbocycles. The number of hydrogen-bond acceptors (Lipinski definition) is 5. The van der Waals surface area contributed by atoms with Crippen LogP contribution >= 0.6 is 11.3 Å². The van der Waals surface area contributed by atoms with Gasteiger partial charge in [-0.25, -0.2) is 13.8 Å². The maximum Gasteiger partial charge on any atom is 0.332 e. The van der Waals surface area contributed by atoms with Crippen molar-refractivity contribution in [3.63, 3.8) is 0 Å². The van der Waals surface area contributed by atoms with Gasteiger partial charge >= 0.3 is 5.69 Å². The normalized spacial score (nSPS) is 10.9. The van der Waals surface area contributed by atoms with Crippen LogP contribution in [0.3, 0.4) is 0 Å². The molecule has 2 aromatic heterocycles. The van der Waals surface area contributed by atoms with Crippen molar-refractivity contribution in [1.29, 1.82) is 0 Å². The molecule has 4 rings (SSSR count). The quantitative estimate of drug-likeness (QED) is 0.425. The van der Waals surface area contributed by atoms with Gasteiger partial charge in [-0.1, -0.05) is 29.8 Å². The van der Waals surface area contributed by atoms with Crippen LogP contribution in [0.25, 0.3) is 10.2 Å². The Morgan fingerprint density at radius 2 is 1.59 bits per heavy atom. The van der Waals surface area contributed by atoms with E-state index in [-0.39, 0.29) is 17.8 Å². The summed E-state index contributed by atoms with van der Waals surface area (Å²) in [6.07, 6.45) is 0. The number of aryl methyl sites for hydroxylation is 1. The van der Waals surface area contributed by atoms with Crippen molar-refractivity contribution in [1.82, 2.24) is 14.5 Å². The van der Waals surface area contributed by atoms with E-state index in [2.05, 4.69) is 10.6 Å². The lowest BCUT2D eigenvalue weighted by Gasteiger charge is -2.13. The zero-order valence-corrected chi connectivity index (χ0v) is 19.0. The van der Waals surface area contributed by atoms with Crippen LogP contribution < -0.4 is 21.9 Å². The van der Waals surface area contributed by atoms with Crippen LogP contribution in [0.2, 0.25) is 0 Å². The van der Waals surface area contributed by atoms with Crippen LogP contribution in [0.15, 0.2) is 69.6 Å². The van der Waals surface area contributed by atoms with E-state index in [1.807, 2.05) is 31.2 Å². The lowest BCUT2D eigenvalue weighted by Crippen LogP contribution is -2.44. The van der Waals surface area contributed by atoms with Crippen LogP contribution in [-0.4, -0.2) is 20.9 Å². The van der Waals surface area contributed by atoms with Gasteiger partial charge in [0.05, 0.1) is 5.52 Å². The molecular formula is C24H21FN4O4S. The van der Waals surface area contributed by atoms with Gasteiger partial charge < -0.3 is 10.6 Å². The molecule has 2 aromatic carbocycles. The van der Waals surface area contributed by atoms with Crippen molar-refractivity contribution >= 4 is 39.1 Å². The zero-order chi connectivity index (χ0) is 24.2. The third kappa shape index (κ3) is 5.12. The molecule has 2 amide bonds. The Kier molecular flexibility index (Phi) is 6.69. The van der Waals surface area contributed by atoms with E-state index in [1.165, 1.54) is 24.3 Å². The van der Waals surface area contributed by atoms with Crippen LogP contribution in [0, 0.1) is 12.7 Å². The zero-order valence-electron chi connectivity index (χ0n) is 18.2. The molecule has 8 nitrogen and oxygen atoms in total. The number of halogens is 1. The Morgan fingerprint density at radius 1 is 0.912 bits per heavy atom. The largest absolute Gasteiger partial charge is 0.350 e. The highest BCUT2D eigenvalue weighted by Gasteiger charge is 2.18. The van der Waals surface area contributed by atoms with Crippen molar-refractivity contribution in [3.8, 4) is 0 Å². The predicted octanol–water partition coefficient (Wildman–Crippen LogP) is 2.63. The molecule has 34 heavy (non-hydrogen) atoms.